The van der Waals surface area contributed by atoms with E-state index in [1.165, 1.54) is 36.4 Å². The van der Waals surface area contributed by atoms with Crippen molar-refractivity contribution in [2.24, 2.45) is 0 Å². The number of nitrogens with one attached hydrogen (secondary N) is 1. The van der Waals surface area contributed by atoms with E-state index in [1.807, 2.05) is 0 Å². The Labute approximate surface area is 118 Å². The summed E-state index contributed by atoms with van der Waals surface area (Å²) in [5.74, 6) is -2.20. The molecule has 20 heavy (non-hydrogen) atoms. The van der Waals surface area contributed by atoms with Crippen molar-refractivity contribution in [3.63, 3.8) is 0 Å². The minimum absolute atomic E-state index is 0.158. The first-order valence-corrected chi connectivity index (χ1v) is 6.05. The fraction of sp³-hybridized carbons (Fsp3) is 0.0714. The summed E-state index contributed by atoms with van der Waals surface area (Å²) in [7, 11) is 0. The molecule has 2 rings (SSSR count). The number of anilines is 1. The van der Waals surface area contributed by atoms with Gasteiger partial charge >= 0.3 is 5.97 Å². The normalized spacial score (nSPS) is 11.9. The Balaban J connectivity index is 2.29. The van der Waals surface area contributed by atoms with Crippen LogP contribution in [0.25, 0.3) is 0 Å². The van der Waals surface area contributed by atoms with Crippen molar-refractivity contribution < 1.29 is 18.7 Å². The summed E-state index contributed by atoms with van der Waals surface area (Å²) in [5.41, 5.74) is 0.729. The lowest BCUT2D eigenvalue weighted by atomic mass is 10.1. The highest BCUT2D eigenvalue weighted by atomic mass is 35.5. The maximum absolute atomic E-state index is 13.1. The molecule has 0 fully saturated rings. The van der Waals surface area contributed by atoms with Crippen LogP contribution in [0.1, 0.15) is 11.6 Å². The van der Waals surface area contributed by atoms with E-state index in [0.717, 1.165) is 6.07 Å². The second-order valence-corrected chi connectivity index (χ2v) is 4.50. The zero-order chi connectivity index (χ0) is 14.7. The number of rotatable bonds is 4. The van der Waals surface area contributed by atoms with E-state index in [-0.39, 0.29) is 5.02 Å². The molecule has 0 saturated carbocycles. The maximum atomic E-state index is 13.1. The molecule has 0 saturated heterocycles. The van der Waals surface area contributed by atoms with E-state index >= 15 is 0 Å². The Morgan fingerprint density at radius 1 is 1.15 bits per heavy atom. The quantitative estimate of drug-likeness (QED) is 0.901. The smallest absolute Gasteiger partial charge is 0.330 e. The molecule has 0 bridgehead atoms. The molecular weight excluding hydrogens is 288 g/mol. The molecule has 0 heterocycles. The molecule has 104 valence electrons. The molecule has 0 aromatic heterocycles. The second-order valence-electron chi connectivity index (χ2n) is 4.10. The number of carbonyl (C=O) groups is 1. The van der Waals surface area contributed by atoms with Crippen LogP contribution in [0.3, 0.4) is 0 Å². The van der Waals surface area contributed by atoms with Gasteiger partial charge in [-0.25, -0.2) is 13.6 Å². The summed E-state index contributed by atoms with van der Waals surface area (Å²) >= 11 is 5.64. The van der Waals surface area contributed by atoms with Crippen LogP contribution < -0.4 is 5.32 Å². The molecule has 0 aliphatic rings. The Hall–Kier alpha value is -2.14. The van der Waals surface area contributed by atoms with E-state index in [1.54, 1.807) is 0 Å². The van der Waals surface area contributed by atoms with Crippen LogP contribution in [0.15, 0.2) is 42.5 Å². The molecule has 1 unspecified atom stereocenters. The number of aliphatic carboxylic acids is 1. The molecule has 2 aromatic rings. The van der Waals surface area contributed by atoms with Crippen LogP contribution in [0.4, 0.5) is 14.5 Å². The van der Waals surface area contributed by atoms with Crippen LogP contribution in [0.2, 0.25) is 5.02 Å². The average molecular weight is 298 g/mol. The molecule has 0 radical (unpaired) electrons. The van der Waals surface area contributed by atoms with Crippen molar-refractivity contribution >= 4 is 23.3 Å². The lowest BCUT2D eigenvalue weighted by Gasteiger charge is -2.16. The van der Waals surface area contributed by atoms with E-state index in [0.29, 0.717) is 11.3 Å². The zero-order valence-corrected chi connectivity index (χ0v) is 10.9. The van der Waals surface area contributed by atoms with E-state index in [9.17, 15) is 18.7 Å². The highest BCUT2D eigenvalue weighted by Crippen LogP contribution is 2.24. The minimum atomic E-state index is -1.16. The fourth-order valence-corrected chi connectivity index (χ4v) is 1.88. The minimum Gasteiger partial charge on any atom is -0.479 e. The van der Waals surface area contributed by atoms with Gasteiger partial charge in [0, 0.05) is 5.69 Å². The molecular formula is C14H10ClF2NO2. The van der Waals surface area contributed by atoms with Gasteiger partial charge in [0.2, 0.25) is 0 Å². The summed E-state index contributed by atoms with van der Waals surface area (Å²) in [5, 5.41) is 11.8. The summed E-state index contributed by atoms with van der Waals surface area (Å²) in [6.07, 6.45) is 0. The fourth-order valence-electron chi connectivity index (χ4n) is 1.69. The first-order valence-electron chi connectivity index (χ1n) is 5.67. The largest absolute Gasteiger partial charge is 0.479 e. The molecule has 3 nitrogen and oxygen atoms in total. The number of hydrogen-bond acceptors (Lipinski definition) is 2. The van der Waals surface area contributed by atoms with Gasteiger partial charge in [-0.1, -0.05) is 17.7 Å². The van der Waals surface area contributed by atoms with Crippen molar-refractivity contribution in [1.82, 2.24) is 0 Å². The topological polar surface area (TPSA) is 49.3 Å². The first-order chi connectivity index (χ1) is 9.47. The van der Waals surface area contributed by atoms with Gasteiger partial charge in [-0.3, -0.25) is 0 Å². The Morgan fingerprint density at radius 3 is 2.35 bits per heavy atom. The SMILES string of the molecule is O=C(O)C(Nc1ccc(F)cc1)c1ccc(F)c(Cl)c1. The van der Waals surface area contributed by atoms with Gasteiger partial charge in [-0.15, -0.1) is 0 Å². The highest BCUT2D eigenvalue weighted by Gasteiger charge is 2.20. The summed E-state index contributed by atoms with van der Waals surface area (Å²) in [6, 6.07) is 7.80. The van der Waals surface area contributed by atoms with Crippen LogP contribution in [0.5, 0.6) is 0 Å². The Kier molecular flexibility index (Phi) is 4.20. The van der Waals surface area contributed by atoms with E-state index in [4.69, 9.17) is 11.6 Å². The van der Waals surface area contributed by atoms with Gasteiger partial charge in [0.25, 0.3) is 0 Å². The van der Waals surface area contributed by atoms with Gasteiger partial charge in [0.1, 0.15) is 11.6 Å². The van der Waals surface area contributed by atoms with Crippen molar-refractivity contribution in [1.29, 1.82) is 0 Å². The number of benzene rings is 2. The molecule has 0 aliphatic carbocycles. The van der Waals surface area contributed by atoms with Crippen molar-refractivity contribution in [2.45, 2.75) is 6.04 Å². The van der Waals surface area contributed by atoms with Crippen LogP contribution in [-0.2, 0) is 4.79 Å². The van der Waals surface area contributed by atoms with Gasteiger partial charge in [-0.05, 0) is 42.0 Å². The highest BCUT2D eigenvalue weighted by molar-refractivity contribution is 6.30. The lowest BCUT2D eigenvalue weighted by Crippen LogP contribution is -2.20. The second kappa shape index (κ2) is 5.88. The zero-order valence-electron chi connectivity index (χ0n) is 10.1. The van der Waals surface area contributed by atoms with E-state index in [2.05, 4.69) is 5.32 Å². The number of hydrogen-bond donors (Lipinski definition) is 2. The molecule has 0 amide bonds. The number of halogens is 3. The van der Waals surface area contributed by atoms with Crippen LogP contribution in [-0.4, -0.2) is 11.1 Å². The first kappa shape index (κ1) is 14.3. The van der Waals surface area contributed by atoms with Crippen molar-refractivity contribution in [3.05, 3.63) is 64.7 Å². The molecule has 0 aliphatic heterocycles. The maximum Gasteiger partial charge on any atom is 0.330 e. The monoisotopic (exact) mass is 297 g/mol. The lowest BCUT2D eigenvalue weighted by molar-refractivity contribution is -0.138. The molecule has 6 heteroatoms. The third kappa shape index (κ3) is 3.24. The molecule has 2 aromatic carbocycles. The van der Waals surface area contributed by atoms with Gasteiger partial charge < -0.3 is 10.4 Å². The Bertz CT molecular complexity index is 632. The van der Waals surface area contributed by atoms with Gasteiger partial charge in [-0.2, -0.15) is 0 Å². The number of carboxylic acid groups (broad SMARTS) is 1. The molecule has 0 spiro atoms. The summed E-state index contributed by atoms with van der Waals surface area (Å²) < 4.78 is 25.9. The third-order valence-electron chi connectivity index (χ3n) is 2.68. The standard InChI is InChI=1S/C14H10ClF2NO2/c15-11-7-8(1-6-12(11)17)13(14(19)20)18-10-4-2-9(16)3-5-10/h1-7,13,18H,(H,19,20). The van der Waals surface area contributed by atoms with Crippen LogP contribution >= 0.6 is 11.6 Å². The molecule has 1 atom stereocenters. The van der Waals surface area contributed by atoms with Gasteiger partial charge in [0.15, 0.2) is 6.04 Å². The van der Waals surface area contributed by atoms with Crippen LogP contribution in [0, 0.1) is 11.6 Å². The summed E-state index contributed by atoms with van der Waals surface area (Å²) in [4.78, 5) is 11.3. The van der Waals surface area contributed by atoms with Gasteiger partial charge in [0.05, 0.1) is 5.02 Å². The summed E-state index contributed by atoms with van der Waals surface area (Å²) in [6.45, 7) is 0. The average Bonchev–Trinajstić information content (AvgIpc) is 2.41. The van der Waals surface area contributed by atoms with Crippen molar-refractivity contribution in [2.75, 3.05) is 5.32 Å². The third-order valence-corrected chi connectivity index (χ3v) is 2.97. The Morgan fingerprint density at radius 2 is 1.80 bits per heavy atom. The predicted molar refractivity (Wildman–Crippen MR) is 71.8 cm³/mol. The predicted octanol–water partition coefficient (Wildman–Crippen LogP) is 3.86. The molecule has 2 N–H and O–H groups in total. The van der Waals surface area contributed by atoms with E-state index < -0.39 is 23.6 Å². The number of carboxylic acids is 1. The van der Waals surface area contributed by atoms with Crippen molar-refractivity contribution in [3.8, 4) is 0 Å².